The number of hydrogen-bond acceptors (Lipinski definition) is 3. The Bertz CT molecular complexity index is 872. The van der Waals surface area contributed by atoms with Crippen molar-refractivity contribution in [1.29, 1.82) is 0 Å². The van der Waals surface area contributed by atoms with Gasteiger partial charge in [0.2, 0.25) is 0 Å². The molecule has 1 fully saturated rings. The Balaban J connectivity index is 0.000000136. The first-order valence-corrected chi connectivity index (χ1v) is 9.49. The van der Waals surface area contributed by atoms with Crippen LogP contribution < -0.4 is 0 Å². The molecule has 5 heteroatoms. The fraction of sp³-hybridized carbons (Fsp3) is 0.455. The molecule has 1 N–H and O–H groups in total. The van der Waals surface area contributed by atoms with Crippen LogP contribution in [0.1, 0.15) is 62.8 Å². The molecule has 2 unspecified atom stereocenters. The summed E-state index contributed by atoms with van der Waals surface area (Å²) >= 11 is 0. The maximum absolute atomic E-state index is 9.51. The van der Waals surface area contributed by atoms with Crippen molar-refractivity contribution in [1.82, 2.24) is 0 Å². The highest BCUT2D eigenvalue weighted by atomic mass is 16.5. The molecule has 1 aliphatic heterocycles. The van der Waals surface area contributed by atoms with E-state index in [2.05, 4.69) is 10.0 Å². The Labute approximate surface area is 163 Å². The number of nitrogens with zero attached hydrogens (tertiary/aromatic N) is 3. The lowest BCUT2D eigenvalue weighted by Crippen LogP contribution is -1.88. The first-order valence-electron chi connectivity index (χ1n) is 10.5. The minimum atomic E-state index is -1.32. The molecule has 0 amide bonds. The van der Waals surface area contributed by atoms with Gasteiger partial charge in [0.15, 0.2) is 0 Å². The van der Waals surface area contributed by atoms with E-state index in [9.17, 15) is 5.11 Å². The standard InChI is InChI=1S/C9H9N3.C9H10O.C4H8O/c10-12-11-9-6-5-7-3-1-2-4-8(7)9;10-9-6-5-7-3-1-2-4-8(7)9;1-2-4-5-3-1/h1-4,9H,5-6H2;1-4,9-10H,5-6H2;1-4H2/i2*9D;. The molecule has 0 spiro atoms. The first-order chi connectivity index (χ1) is 14.0. The zero-order valence-corrected chi connectivity index (χ0v) is 15.5. The Morgan fingerprint density at radius 2 is 1.56 bits per heavy atom. The van der Waals surface area contributed by atoms with Gasteiger partial charge in [0.05, 0.1) is 13.5 Å². The van der Waals surface area contributed by atoms with E-state index in [4.69, 9.17) is 13.0 Å². The van der Waals surface area contributed by atoms with Crippen molar-refractivity contribution in [2.45, 2.75) is 50.6 Å². The lowest BCUT2D eigenvalue weighted by molar-refractivity contribution is 0.180. The minimum absolute atomic E-state index is 0.534. The van der Waals surface area contributed by atoms with Crippen LogP contribution in [0.3, 0.4) is 0 Å². The van der Waals surface area contributed by atoms with Gasteiger partial charge in [-0.1, -0.05) is 53.6 Å². The monoisotopic (exact) mass is 367 g/mol. The van der Waals surface area contributed by atoms with Gasteiger partial charge in [0.25, 0.3) is 0 Å². The second kappa shape index (κ2) is 10.1. The number of benzene rings is 2. The van der Waals surface area contributed by atoms with Gasteiger partial charge in [0.1, 0.15) is 0 Å². The van der Waals surface area contributed by atoms with Crippen LogP contribution >= 0.6 is 0 Å². The molecule has 0 saturated carbocycles. The van der Waals surface area contributed by atoms with Crippen LogP contribution in [0.2, 0.25) is 0 Å². The summed E-state index contributed by atoms with van der Waals surface area (Å²) in [6.07, 6.45) is 4.02. The highest BCUT2D eigenvalue weighted by molar-refractivity contribution is 5.34. The van der Waals surface area contributed by atoms with E-state index >= 15 is 0 Å². The molecule has 2 atom stereocenters. The van der Waals surface area contributed by atoms with Crippen LogP contribution in [0.15, 0.2) is 53.6 Å². The van der Waals surface area contributed by atoms with Gasteiger partial charge in [-0.15, -0.1) is 0 Å². The SMILES string of the molecule is C1CCOC1.[2H]C1(N=[N+]=[N-])CCc2ccccc21.[2H]C1(O)CCc2ccccc21. The molecule has 0 aromatic heterocycles. The van der Waals surface area contributed by atoms with Crippen molar-refractivity contribution in [3.05, 3.63) is 81.2 Å². The van der Waals surface area contributed by atoms with Crippen molar-refractivity contribution < 1.29 is 12.6 Å². The van der Waals surface area contributed by atoms with E-state index in [1.807, 2.05) is 48.5 Å². The number of hydrogen-bond donors (Lipinski definition) is 1. The zero-order chi connectivity index (χ0) is 20.7. The lowest BCUT2D eigenvalue weighted by Gasteiger charge is -2.01. The van der Waals surface area contributed by atoms with Gasteiger partial charge >= 0.3 is 0 Å². The largest absolute Gasteiger partial charge is 0.388 e. The molecule has 0 radical (unpaired) electrons. The van der Waals surface area contributed by atoms with Crippen LogP contribution in [0.25, 0.3) is 10.4 Å². The van der Waals surface area contributed by atoms with Crippen LogP contribution in [-0.2, 0) is 17.6 Å². The summed E-state index contributed by atoms with van der Waals surface area (Å²) in [5.74, 6) is 0. The molecule has 0 bridgehead atoms. The second-order valence-corrected chi connectivity index (χ2v) is 6.72. The summed E-state index contributed by atoms with van der Waals surface area (Å²) < 4.78 is 20.4. The third-order valence-electron chi connectivity index (χ3n) is 4.91. The molecule has 5 rings (SSSR count). The molecule has 27 heavy (non-hydrogen) atoms. The maximum Gasteiger partial charge on any atom is 0.0795 e. The van der Waals surface area contributed by atoms with Crippen molar-refractivity contribution in [2.24, 2.45) is 5.11 Å². The third kappa shape index (κ3) is 5.33. The number of rotatable bonds is 1. The molecule has 2 aliphatic carbocycles. The van der Waals surface area contributed by atoms with Crippen LogP contribution in [0.5, 0.6) is 0 Å². The predicted molar refractivity (Wildman–Crippen MR) is 106 cm³/mol. The topological polar surface area (TPSA) is 78.2 Å². The number of aliphatic hydroxyl groups is 1. The Hall–Kier alpha value is -2.33. The molecule has 142 valence electrons. The average Bonchev–Trinajstić information content (AvgIpc) is 3.46. The third-order valence-corrected chi connectivity index (χ3v) is 4.91. The maximum atomic E-state index is 9.51. The fourth-order valence-corrected chi connectivity index (χ4v) is 3.48. The molecule has 3 aliphatic rings. The lowest BCUT2D eigenvalue weighted by atomic mass is 10.1. The fourth-order valence-electron chi connectivity index (χ4n) is 3.48. The van der Waals surface area contributed by atoms with E-state index in [1.165, 1.54) is 12.8 Å². The van der Waals surface area contributed by atoms with E-state index < -0.39 is 12.1 Å². The molecule has 1 saturated heterocycles. The van der Waals surface area contributed by atoms with Gasteiger partial charge < -0.3 is 9.84 Å². The van der Waals surface area contributed by atoms with E-state index in [-0.39, 0.29) is 0 Å². The summed E-state index contributed by atoms with van der Waals surface area (Å²) in [5, 5.41) is 13.1. The van der Waals surface area contributed by atoms with E-state index in [0.717, 1.165) is 48.3 Å². The summed E-state index contributed by atoms with van der Waals surface area (Å²) in [6, 6.07) is 14.2. The van der Waals surface area contributed by atoms with Crippen molar-refractivity contribution in [2.75, 3.05) is 13.2 Å². The predicted octanol–water partition coefficient (Wildman–Crippen LogP) is 5.45. The first kappa shape index (κ1) is 16.8. The Morgan fingerprint density at radius 3 is 2.15 bits per heavy atom. The van der Waals surface area contributed by atoms with Gasteiger partial charge in [-0.05, 0) is 66.3 Å². The van der Waals surface area contributed by atoms with E-state index in [1.54, 1.807) is 0 Å². The molecule has 2 aromatic carbocycles. The van der Waals surface area contributed by atoms with Gasteiger partial charge in [0, 0.05) is 19.5 Å². The number of aryl methyl sites for hydroxylation is 2. The van der Waals surface area contributed by atoms with Gasteiger partial charge in [-0.3, -0.25) is 0 Å². The quantitative estimate of drug-likeness (QED) is 0.413. The van der Waals surface area contributed by atoms with Crippen LogP contribution in [0, 0.1) is 0 Å². The minimum Gasteiger partial charge on any atom is -0.388 e. The smallest absolute Gasteiger partial charge is 0.0795 e. The average molecular weight is 367 g/mol. The summed E-state index contributed by atoms with van der Waals surface area (Å²) in [7, 11) is 0. The number of azide groups is 1. The summed E-state index contributed by atoms with van der Waals surface area (Å²) in [5.41, 5.74) is 12.2. The highest BCUT2D eigenvalue weighted by Crippen LogP contribution is 2.33. The van der Waals surface area contributed by atoms with Crippen LogP contribution in [-0.4, -0.2) is 18.3 Å². The van der Waals surface area contributed by atoms with Crippen molar-refractivity contribution in [3.8, 4) is 0 Å². The van der Waals surface area contributed by atoms with Gasteiger partial charge in [-0.25, -0.2) is 0 Å². The number of ether oxygens (including phenoxy) is 1. The van der Waals surface area contributed by atoms with Gasteiger partial charge in [-0.2, -0.15) is 0 Å². The summed E-state index contributed by atoms with van der Waals surface area (Å²) in [6.45, 7) is 2.00. The molecular formula is C22H27N3O2. The Kier molecular flexibility index (Phi) is 6.30. The Morgan fingerprint density at radius 1 is 0.963 bits per heavy atom. The van der Waals surface area contributed by atoms with Crippen molar-refractivity contribution in [3.63, 3.8) is 0 Å². The number of fused-ring (bicyclic) bond motifs is 2. The molecule has 2 aromatic rings. The van der Waals surface area contributed by atoms with Crippen LogP contribution in [0.4, 0.5) is 0 Å². The molecule has 1 heterocycles. The van der Waals surface area contributed by atoms with E-state index in [0.29, 0.717) is 12.8 Å². The highest BCUT2D eigenvalue weighted by Gasteiger charge is 2.20. The zero-order valence-electron chi connectivity index (χ0n) is 17.5. The molecule has 5 nitrogen and oxygen atoms in total. The summed E-state index contributed by atoms with van der Waals surface area (Å²) in [4.78, 5) is 2.73. The second-order valence-electron chi connectivity index (χ2n) is 6.72. The molecular weight excluding hydrogens is 338 g/mol. The normalized spacial score (nSPS) is 28.2. The van der Waals surface area contributed by atoms with Crippen molar-refractivity contribution >= 4 is 0 Å².